The van der Waals surface area contributed by atoms with Gasteiger partial charge in [0, 0.05) is 24.7 Å². The predicted molar refractivity (Wildman–Crippen MR) is 64.4 cm³/mol. The minimum absolute atomic E-state index is 0.0111. The van der Waals surface area contributed by atoms with Crippen LogP contribution in [0.1, 0.15) is 5.56 Å². The Morgan fingerprint density at radius 3 is 2.74 bits per heavy atom. The van der Waals surface area contributed by atoms with Crippen molar-refractivity contribution in [2.75, 3.05) is 6.54 Å². The van der Waals surface area contributed by atoms with Gasteiger partial charge in [-0.1, -0.05) is 12.1 Å². The summed E-state index contributed by atoms with van der Waals surface area (Å²) in [5.74, 6) is -1.20. The van der Waals surface area contributed by atoms with E-state index < -0.39 is 28.3 Å². The summed E-state index contributed by atoms with van der Waals surface area (Å²) in [6, 6.07) is 3.18. The zero-order valence-corrected chi connectivity index (χ0v) is 9.87. The molecule has 1 aromatic rings. The van der Waals surface area contributed by atoms with Crippen molar-refractivity contribution in [2.24, 2.45) is 5.73 Å². The number of benzene rings is 1. The van der Waals surface area contributed by atoms with E-state index in [0.29, 0.717) is 0 Å². The van der Waals surface area contributed by atoms with E-state index in [1.807, 2.05) is 0 Å². The lowest BCUT2D eigenvalue weighted by Gasteiger charge is -2.14. The lowest BCUT2D eigenvalue weighted by Crippen LogP contribution is -2.47. The molecule has 0 unspecified atom stereocenters. The van der Waals surface area contributed by atoms with E-state index in [0.717, 1.165) is 0 Å². The molecular weight excluding hydrogens is 256 g/mol. The number of hydrogen-bond acceptors (Lipinski definition) is 7. The molecule has 104 valence electrons. The number of phenolic OH excluding ortho intramolecular Hbond substituents is 1. The molecule has 0 radical (unpaired) electrons. The fraction of sp³-hybridized carbons (Fsp3) is 0.300. The molecule has 0 saturated heterocycles. The van der Waals surface area contributed by atoms with Crippen LogP contribution in [0.5, 0.6) is 5.75 Å². The number of phenols is 1. The van der Waals surface area contributed by atoms with E-state index in [1.54, 1.807) is 0 Å². The molecule has 9 nitrogen and oxygen atoms in total. The highest BCUT2D eigenvalue weighted by atomic mass is 16.6. The highest BCUT2D eigenvalue weighted by molar-refractivity contribution is 5.80. The summed E-state index contributed by atoms with van der Waals surface area (Å²) in [6.45, 7) is -0.0924. The molecule has 0 heterocycles. The average molecular weight is 270 g/mol. The summed E-state index contributed by atoms with van der Waals surface area (Å²) in [6.07, 6.45) is 0. The van der Waals surface area contributed by atoms with Gasteiger partial charge < -0.3 is 16.2 Å². The van der Waals surface area contributed by atoms with Gasteiger partial charge in [0.05, 0.1) is 4.92 Å². The summed E-state index contributed by atoms with van der Waals surface area (Å²) >= 11 is 0. The molecule has 1 amide bonds. The molecule has 0 aliphatic heterocycles. The molecule has 1 aromatic carbocycles. The molecule has 0 fully saturated rings. The molecule has 0 aliphatic carbocycles. The number of carbonyl (C=O) groups excluding carboxylic acids is 1. The highest BCUT2D eigenvalue weighted by Crippen LogP contribution is 2.28. The van der Waals surface area contributed by atoms with Crippen LogP contribution in [0, 0.1) is 10.1 Å². The topological polar surface area (TPSA) is 151 Å². The van der Waals surface area contributed by atoms with Crippen molar-refractivity contribution >= 4 is 11.6 Å². The number of nitrogens with two attached hydrogens (primary N) is 1. The Morgan fingerprint density at radius 2 is 2.21 bits per heavy atom. The van der Waals surface area contributed by atoms with Crippen LogP contribution in [0.2, 0.25) is 0 Å². The van der Waals surface area contributed by atoms with Crippen LogP contribution >= 0.6 is 0 Å². The van der Waals surface area contributed by atoms with Gasteiger partial charge in [-0.25, -0.2) is 5.48 Å². The number of nitro benzene ring substituents is 1. The summed E-state index contributed by atoms with van der Waals surface area (Å²) in [4.78, 5) is 21.1. The van der Waals surface area contributed by atoms with E-state index in [1.165, 1.54) is 23.7 Å². The van der Waals surface area contributed by atoms with Gasteiger partial charge in [-0.15, -0.1) is 0 Å². The summed E-state index contributed by atoms with van der Waals surface area (Å²) in [5.41, 5.74) is 6.60. The van der Waals surface area contributed by atoms with Gasteiger partial charge in [-0.3, -0.25) is 20.1 Å². The fourth-order valence-corrected chi connectivity index (χ4v) is 1.46. The molecule has 19 heavy (non-hydrogen) atoms. The van der Waals surface area contributed by atoms with Crippen molar-refractivity contribution < 1.29 is 20.0 Å². The molecule has 0 aromatic heterocycles. The maximum absolute atomic E-state index is 11.2. The van der Waals surface area contributed by atoms with Gasteiger partial charge in [-0.2, -0.15) is 0 Å². The fourth-order valence-electron chi connectivity index (χ4n) is 1.46. The Hall–Kier alpha value is -2.23. The first kappa shape index (κ1) is 14.8. The van der Waals surface area contributed by atoms with Gasteiger partial charge in [-0.05, 0) is 0 Å². The number of carbonyl (C=O) groups is 1. The zero-order valence-electron chi connectivity index (χ0n) is 9.87. The van der Waals surface area contributed by atoms with Crippen LogP contribution in [-0.2, 0) is 11.3 Å². The monoisotopic (exact) mass is 270 g/mol. The van der Waals surface area contributed by atoms with Crippen LogP contribution < -0.4 is 16.5 Å². The number of rotatable bonds is 6. The molecule has 0 saturated carbocycles. The third-order valence-corrected chi connectivity index (χ3v) is 2.50. The third kappa shape index (κ3) is 3.61. The normalized spacial score (nSPS) is 11.9. The number of hydroxylamine groups is 1. The number of hydrogen-bond donors (Lipinski definition) is 5. The minimum Gasteiger partial charge on any atom is -0.502 e. The number of aromatic hydroxyl groups is 1. The molecule has 6 N–H and O–H groups in total. The van der Waals surface area contributed by atoms with Gasteiger partial charge in [0.15, 0.2) is 5.75 Å². The Balaban J connectivity index is 2.80. The summed E-state index contributed by atoms with van der Waals surface area (Å²) in [7, 11) is 0. The number of nitro groups is 1. The Kier molecular flexibility index (Phi) is 5.18. The van der Waals surface area contributed by atoms with Crippen LogP contribution in [-0.4, -0.2) is 33.7 Å². The van der Waals surface area contributed by atoms with Crippen molar-refractivity contribution in [1.29, 1.82) is 0 Å². The third-order valence-electron chi connectivity index (χ3n) is 2.50. The number of nitrogens with zero attached hydrogens (tertiary/aromatic N) is 1. The number of para-hydroxylation sites is 1. The second-order valence-electron chi connectivity index (χ2n) is 3.69. The zero-order chi connectivity index (χ0) is 14.4. The molecular formula is C10H14N4O5. The highest BCUT2D eigenvalue weighted by Gasteiger charge is 2.19. The SMILES string of the molecule is NC[C@H](NCc1cccc([N+](=O)[O-])c1O)C(=O)NO. The van der Waals surface area contributed by atoms with E-state index >= 15 is 0 Å². The number of nitrogens with one attached hydrogen (secondary N) is 2. The number of amides is 1. The first-order valence-electron chi connectivity index (χ1n) is 5.34. The molecule has 1 rings (SSSR count). The smallest absolute Gasteiger partial charge is 0.311 e. The predicted octanol–water partition coefficient (Wildman–Crippen LogP) is -0.777. The molecule has 0 spiro atoms. The van der Waals surface area contributed by atoms with Crippen molar-refractivity contribution in [3.8, 4) is 5.75 Å². The van der Waals surface area contributed by atoms with E-state index in [4.69, 9.17) is 10.9 Å². The average Bonchev–Trinajstić information content (AvgIpc) is 2.40. The van der Waals surface area contributed by atoms with Crippen LogP contribution in [0.15, 0.2) is 18.2 Å². The van der Waals surface area contributed by atoms with Gasteiger partial charge in [0.1, 0.15) is 6.04 Å². The Morgan fingerprint density at radius 1 is 1.53 bits per heavy atom. The molecule has 1 atom stereocenters. The lowest BCUT2D eigenvalue weighted by atomic mass is 10.1. The molecule has 0 bridgehead atoms. The largest absolute Gasteiger partial charge is 0.502 e. The van der Waals surface area contributed by atoms with Crippen LogP contribution in [0.25, 0.3) is 0 Å². The standard InChI is InChI=1S/C10H14N4O5/c11-4-7(10(16)13-17)12-5-6-2-1-3-8(9(6)15)14(18)19/h1-3,7,12,15,17H,4-5,11H2,(H,13,16)/t7-/m0/s1. The first-order valence-corrected chi connectivity index (χ1v) is 5.34. The van der Waals surface area contributed by atoms with Crippen molar-refractivity contribution in [3.05, 3.63) is 33.9 Å². The Bertz CT molecular complexity index is 479. The lowest BCUT2D eigenvalue weighted by molar-refractivity contribution is -0.385. The van der Waals surface area contributed by atoms with E-state index in [2.05, 4.69) is 5.32 Å². The van der Waals surface area contributed by atoms with Gasteiger partial charge >= 0.3 is 5.69 Å². The van der Waals surface area contributed by atoms with Crippen LogP contribution in [0.4, 0.5) is 5.69 Å². The van der Waals surface area contributed by atoms with E-state index in [9.17, 15) is 20.0 Å². The van der Waals surface area contributed by atoms with Crippen molar-refractivity contribution in [3.63, 3.8) is 0 Å². The quantitative estimate of drug-likeness (QED) is 0.258. The molecule has 9 heteroatoms. The maximum Gasteiger partial charge on any atom is 0.311 e. The van der Waals surface area contributed by atoms with Crippen LogP contribution in [0.3, 0.4) is 0 Å². The summed E-state index contributed by atoms with van der Waals surface area (Å²) in [5, 5.41) is 31.4. The minimum atomic E-state index is -0.872. The molecule has 0 aliphatic rings. The van der Waals surface area contributed by atoms with Crippen molar-refractivity contribution in [2.45, 2.75) is 12.6 Å². The van der Waals surface area contributed by atoms with Gasteiger partial charge in [0.25, 0.3) is 5.91 Å². The van der Waals surface area contributed by atoms with Crippen molar-refractivity contribution in [1.82, 2.24) is 10.8 Å². The van der Waals surface area contributed by atoms with Gasteiger partial charge in [0.2, 0.25) is 0 Å². The second-order valence-corrected chi connectivity index (χ2v) is 3.69. The second kappa shape index (κ2) is 6.64. The van der Waals surface area contributed by atoms with E-state index in [-0.39, 0.29) is 18.7 Å². The first-order chi connectivity index (χ1) is 9.01. The summed E-state index contributed by atoms with van der Waals surface area (Å²) < 4.78 is 0. The maximum atomic E-state index is 11.2. The Labute approximate surface area is 108 Å².